The van der Waals surface area contributed by atoms with Crippen LogP contribution in [0.1, 0.15) is 37.0 Å². The topological polar surface area (TPSA) is 96.0 Å². The van der Waals surface area contributed by atoms with Gasteiger partial charge in [-0.25, -0.2) is 8.42 Å². The first-order valence-corrected chi connectivity index (χ1v) is 14.4. The van der Waals surface area contributed by atoms with Gasteiger partial charge in [0.2, 0.25) is 11.8 Å². The van der Waals surface area contributed by atoms with Gasteiger partial charge in [0.15, 0.2) is 0 Å². The van der Waals surface area contributed by atoms with E-state index in [4.69, 9.17) is 4.74 Å². The van der Waals surface area contributed by atoms with E-state index in [2.05, 4.69) is 5.32 Å². The molecule has 39 heavy (non-hydrogen) atoms. The van der Waals surface area contributed by atoms with E-state index in [1.54, 1.807) is 24.3 Å². The lowest BCUT2D eigenvalue weighted by atomic mass is 10.1. The van der Waals surface area contributed by atoms with Gasteiger partial charge in [-0.3, -0.25) is 13.9 Å². The molecular formula is C30H37N3O5S. The lowest BCUT2D eigenvalue weighted by Crippen LogP contribution is -2.52. The molecule has 0 spiro atoms. The van der Waals surface area contributed by atoms with Crippen molar-refractivity contribution in [2.45, 2.75) is 51.6 Å². The average molecular weight is 552 g/mol. The number of hydrogen-bond acceptors (Lipinski definition) is 5. The van der Waals surface area contributed by atoms with Gasteiger partial charge in [0, 0.05) is 13.1 Å². The van der Waals surface area contributed by atoms with Crippen molar-refractivity contribution < 1.29 is 22.7 Å². The number of carbonyl (C=O) groups is 2. The van der Waals surface area contributed by atoms with E-state index in [0.717, 1.165) is 21.0 Å². The monoisotopic (exact) mass is 551 g/mol. The number of nitrogens with zero attached hydrogens (tertiary/aromatic N) is 2. The summed E-state index contributed by atoms with van der Waals surface area (Å²) in [7, 11) is -2.72. The Morgan fingerprint density at radius 3 is 2.15 bits per heavy atom. The maximum Gasteiger partial charge on any atom is 0.264 e. The summed E-state index contributed by atoms with van der Waals surface area (Å²) in [6.45, 7) is 7.40. The number of sulfonamides is 1. The number of anilines is 1. The largest absolute Gasteiger partial charge is 0.495 e. The number of benzene rings is 3. The van der Waals surface area contributed by atoms with Crippen LogP contribution in [0.15, 0.2) is 77.7 Å². The van der Waals surface area contributed by atoms with Crippen LogP contribution in [0.5, 0.6) is 5.75 Å². The van der Waals surface area contributed by atoms with Crippen LogP contribution < -0.4 is 14.4 Å². The second-order valence-electron chi connectivity index (χ2n) is 9.33. The van der Waals surface area contributed by atoms with Gasteiger partial charge in [-0.1, -0.05) is 61.0 Å². The molecule has 2 amide bonds. The van der Waals surface area contributed by atoms with E-state index in [1.165, 1.54) is 24.1 Å². The first kappa shape index (κ1) is 29.7. The molecule has 0 unspecified atom stereocenters. The summed E-state index contributed by atoms with van der Waals surface area (Å²) in [6, 6.07) is 20.2. The molecule has 0 aliphatic heterocycles. The number of ether oxygens (including phenoxy) is 1. The molecule has 1 atom stereocenters. The summed E-state index contributed by atoms with van der Waals surface area (Å²) >= 11 is 0. The van der Waals surface area contributed by atoms with E-state index in [1.807, 2.05) is 64.1 Å². The minimum absolute atomic E-state index is 0.0508. The number of rotatable bonds is 12. The fraction of sp³-hybridized carbons (Fsp3) is 0.333. The summed E-state index contributed by atoms with van der Waals surface area (Å²) in [4.78, 5) is 28.6. The standard InChI is InChI=1S/C30H37N3O5S/c1-6-26(30(35)31-7-2)32(20-24-11-9-8-10-12-24)29(34)21-33(27-19-23(4)15-18-28(27)38-5)39(36,37)25-16-13-22(3)14-17-25/h8-19,26H,6-7,20-21H2,1-5H3,(H,31,35)/t26-/m0/s1. The van der Waals surface area contributed by atoms with Crippen molar-refractivity contribution in [1.82, 2.24) is 10.2 Å². The molecule has 0 aliphatic carbocycles. The predicted octanol–water partition coefficient (Wildman–Crippen LogP) is 4.45. The van der Waals surface area contributed by atoms with Gasteiger partial charge in [-0.2, -0.15) is 0 Å². The normalized spacial score (nSPS) is 11.9. The third-order valence-corrected chi connectivity index (χ3v) is 8.20. The van der Waals surface area contributed by atoms with Crippen molar-refractivity contribution >= 4 is 27.5 Å². The molecule has 9 heteroatoms. The summed E-state index contributed by atoms with van der Waals surface area (Å²) in [5.74, 6) is -0.476. The third-order valence-electron chi connectivity index (χ3n) is 6.42. The maximum atomic E-state index is 14.1. The number of methoxy groups -OCH3 is 1. The first-order chi connectivity index (χ1) is 18.6. The average Bonchev–Trinajstić information content (AvgIpc) is 2.92. The highest BCUT2D eigenvalue weighted by Crippen LogP contribution is 2.34. The van der Waals surface area contributed by atoms with Crippen LogP contribution in [0.25, 0.3) is 0 Å². The Kier molecular flexibility index (Phi) is 10.1. The van der Waals surface area contributed by atoms with Gasteiger partial charge in [0.1, 0.15) is 18.3 Å². The Labute approximate surface area is 231 Å². The molecule has 0 aromatic heterocycles. The van der Waals surface area contributed by atoms with Crippen LogP contribution >= 0.6 is 0 Å². The highest BCUT2D eigenvalue weighted by molar-refractivity contribution is 7.92. The number of likely N-dealkylation sites (N-methyl/N-ethyl adjacent to an activating group) is 1. The molecule has 0 fully saturated rings. The van der Waals surface area contributed by atoms with Gasteiger partial charge in [-0.15, -0.1) is 0 Å². The van der Waals surface area contributed by atoms with Gasteiger partial charge >= 0.3 is 0 Å². The quantitative estimate of drug-likeness (QED) is 0.359. The molecule has 1 N–H and O–H groups in total. The van der Waals surface area contributed by atoms with E-state index < -0.39 is 28.5 Å². The Morgan fingerprint density at radius 1 is 0.923 bits per heavy atom. The zero-order chi connectivity index (χ0) is 28.6. The Bertz CT molecular complexity index is 1380. The first-order valence-electron chi connectivity index (χ1n) is 13.0. The van der Waals surface area contributed by atoms with E-state index in [9.17, 15) is 18.0 Å². The smallest absolute Gasteiger partial charge is 0.264 e. The van der Waals surface area contributed by atoms with Crippen molar-refractivity contribution in [1.29, 1.82) is 0 Å². The van der Waals surface area contributed by atoms with Gasteiger partial charge in [0.05, 0.1) is 17.7 Å². The molecule has 208 valence electrons. The van der Waals surface area contributed by atoms with Crippen molar-refractivity contribution in [3.05, 3.63) is 89.5 Å². The van der Waals surface area contributed by atoms with Crippen molar-refractivity contribution in [2.24, 2.45) is 0 Å². The second kappa shape index (κ2) is 13.3. The minimum Gasteiger partial charge on any atom is -0.495 e. The Morgan fingerprint density at radius 2 is 1.56 bits per heavy atom. The predicted molar refractivity (Wildman–Crippen MR) is 153 cm³/mol. The lowest BCUT2D eigenvalue weighted by molar-refractivity contribution is -0.140. The molecule has 3 rings (SSSR count). The van der Waals surface area contributed by atoms with Crippen LogP contribution in [-0.2, 0) is 26.2 Å². The molecule has 0 radical (unpaired) electrons. The molecule has 3 aromatic rings. The van der Waals surface area contributed by atoms with Crippen LogP contribution in [0.2, 0.25) is 0 Å². The van der Waals surface area contributed by atoms with Crippen LogP contribution in [0, 0.1) is 13.8 Å². The third kappa shape index (κ3) is 7.17. The maximum absolute atomic E-state index is 14.1. The van der Waals surface area contributed by atoms with Gasteiger partial charge in [-0.05, 0) is 62.6 Å². The zero-order valence-electron chi connectivity index (χ0n) is 23.2. The van der Waals surface area contributed by atoms with Crippen molar-refractivity contribution in [3.63, 3.8) is 0 Å². The highest BCUT2D eigenvalue weighted by atomic mass is 32.2. The molecule has 8 nitrogen and oxygen atoms in total. The SMILES string of the molecule is CCNC(=O)[C@H](CC)N(Cc1ccccc1)C(=O)CN(c1cc(C)ccc1OC)S(=O)(=O)c1ccc(C)cc1. The fourth-order valence-electron chi connectivity index (χ4n) is 4.34. The molecule has 0 aliphatic rings. The number of hydrogen-bond donors (Lipinski definition) is 1. The van der Waals surface area contributed by atoms with E-state index >= 15 is 0 Å². The van der Waals surface area contributed by atoms with Gasteiger partial charge < -0.3 is 15.0 Å². The van der Waals surface area contributed by atoms with Crippen LogP contribution in [0.4, 0.5) is 5.69 Å². The Hall–Kier alpha value is -3.85. The number of amides is 2. The number of nitrogens with one attached hydrogen (secondary N) is 1. The lowest BCUT2D eigenvalue weighted by Gasteiger charge is -2.33. The molecular weight excluding hydrogens is 514 g/mol. The molecule has 0 saturated carbocycles. The van der Waals surface area contributed by atoms with Crippen molar-refractivity contribution in [2.75, 3.05) is 24.5 Å². The molecule has 0 saturated heterocycles. The molecule has 3 aromatic carbocycles. The summed E-state index contributed by atoms with van der Waals surface area (Å²) in [6.07, 6.45) is 0.364. The summed E-state index contributed by atoms with van der Waals surface area (Å²) < 4.78 is 34.7. The molecule has 0 heterocycles. The fourth-order valence-corrected chi connectivity index (χ4v) is 5.75. The summed E-state index contributed by atoms with van der Waals surface area (Å²) in [5, 5.41) is 2.81. The number of carbonyl (C=O) groups excluding carboxylic acids is 2. The van der Waals surface area contributed by atoms with Crippen LogP contribution in [0.3, 0.4) is 0 Å². The second-order valence-corrected chi connectivity index (χ2v) is 11.2. The van der Waals surface area contributed by atoms with Crippen LogP contribution in [-0.4, -0.2) is 51.4 Å². The highest BCUT2D eigenvalue weighted by Gasteiger charge is 2.34. The number of aryl methyl sites for hydroxylation is 2. The Balaban J connectivity index is 2.12. The van der Waals surface area contributed by atoms with E-state index in [-0.39, 0.29) is 23.0 Å². The van der Waals surface area contributed by atoms with E-state index in [0.29, 0.717) is 18.7 Å². The van der Waals surface area contributed by atoms with Crippen molar-refractivity contribution in [3.8, 4) is 5.75 Å². The summed E-state index contributed by atoms with van der Waals surface area (Å²) in [5.41, 5.74) is 2.79. The minimum atomic E-state index is -4.18. The van der Waals surface area contributed by atoms with Gasteiger partial charge in [0.25, 0.3) is 10.0 Å². The zero-order valence-corrected chi connectivity index (χ0v) is 24.0. The molecule has 0 bridgehead atoms.